The van der Waals surface area contributed by atoms with E-state index in [4.69, 9.17) is 9.84 Å². The van der Waals surface area contributed by atoms with Crippen molar-refractivity contribution >= 4 is 17.2 Å². The topological polar surface area (TPSA) is 71.5 Å². The highest BCUT2D eigenvalue weighted by Gasteiger charge is 2.08. The monoisotopic (exact) mass is 320 g/mol. The molecule has 0 aliphatic carbocycles. The number of nitrogens with one attached hydrogen (secondary N) is 1. The Hall–Kier alpha value is -1.76. The van der Waals surface area contributed by atoms with Gasteiger partial charge in [0.25, 0.3) is 5.91 Å². The van der Waals surface area contributed by atoms with Crippen molar-refractivity contribution in [1.82, 2.24) is 10.3 Å². The highest BCUT2D eigenvalue weighted by molar-refractivity contribution is 7.09. The zero-order valence-electron chi connectivity index (χ0n) is 12.5. The van der Waals surface area contributed by atoms with Crippen LogP contribution in [-0.4, -0.2) is 42.4 Å². The first-order valence-electron chi connectivity index (χ1n) is 7.20. The summed E-state index contributed by atoms with van der Waals surface area (Å²) in [6.45, 7) is 3.39. The average Bonchev–Trinajstić information content (AvgIpc) is 2.97. The van der Waals surface area contributed by atoms with Gasteiger partial charge in [-0.25, -0.2) is 4.98 Å². The van der Waals surface area contributed by atoms with Crippen LogP contribution in [0.3, 0.4) is 0 Å². The summed E-state index contributed by atoms with van der Waals surface area (Å²) in [7, 11) is 0. The minimum atomic E-state index is -0.101. The molecule has 0 saturated carbocycles. The lowest BCUT2D eigenvalue weighted by Crippen LogP contribution is -2.25. The number of thiazole rings is 1. The lowest BCUT2D eigenvalue weighted by molar-refractivity contribution is 0.0867. The van der Waals surface area contributed by atoms with E-state index in [-0.39, 0.29) is 12.5 Å². The van der Waals surface area contributed by atoms with Gasteiger partial charge in [0.1, 0.15) is 0 Å². The molecule has 1 aromatic heterocycles. The van der Waals surface area contributed by atoms with Crippen LogP contribution in [0.15, 0.2) is 29.6 Å². The fraction of sp³-hybridized carbons (Fsp3) is 0.375. The third kappa shape index (κ3) is 4.91. The molecule has 5 nitrogen and oxygen atoms in total. The molecule has 1 heterocycles. The number of hydrogen-bond acceptors (Lipinski definition) is 5. The quantitative estimate of drug-likeness (QED) is 0.732. The summed E-state index contributed by atoms with van der Waals surface area (Å²) in [6, 6.07) is 7.46. The van der Waals surface area contributed by atoms with E-state index in [9.17, 15) is 4.79 Å². The van der Waals surface area contributed by atoms with E-state index in [1.807, 2.05) is 30.5 Å². The normalized spacial score (nSPS) is 10.6. The fourth-order valence-electron chi connectivity index (χ4n) is 1.96. The molecule has 0 fully saturated rings. The molecule has 1 aromatic carbocycles. The molecule has 0 unspecified atom stereocenters. The van der Waals surface area contributed by atoms with Crippen LogP contribution in [0.25, 0.3) is 11.3 Å². The Balaban J connectivity index is 1.88. The maximum absolute atomic E-state index is 12.1. The molecule has 0 aliphatic heterocycles. The van der Waals surface area contributed by atoms with Crippen LogP contribution in [0, 0.1) is 6.92 Å². The van der Waals surface area contributed by atoms with E-state index < -0.39 is 0 Å². The number of nitrogens with zero attached hydrogens (tertiary/aromatic N) is 1. The molecule has 2 rings (SSSR count). The Bertz CT molecular complexity index is 613. The molecule has 2 N–H and O–H groups in total. The Kier molecular flexibility index (Phi) is 6.51. The van der Waals surface area contributed by atoms with Crippen LogP contribution in [-0.2, 0) is 4.74 Å². The molecular formula is C16H20N2O3S. The molecule has 6 heteroatoms. The van der Waals surface area contributed by atoms with Gasteiger partial charge in [0.2, 0.25) is 0 Å². The Labute approximate surface area is 134 Å². The number of hydrogen-bond donors (Lipinski definition) is 2. The van der Waals surface area contributed by atoms with Crippen molar-refractivity contribution < 1.29 is 14.6 Å². The molecule has 0 spiro atoms. The number of carbonyl (C=O) groups is 1. The smallest absolute Gasteiger partial charge is 0.251 e. The largest absolute Gasteiger partial charge is 0.394 e. The number of aromatic nitrogens is 1. The molecule has 2 aromatic rings. The van der Waals surface area contributed by atoms with Crippen molar-refractivity contribution in [3.63, 3.8) is 0 Å². The summed E-state index contributed by atoms with van der Waals surface area (Å²) in [5.74, 6) is -0.101. The van der Waals surface area contributed by atoms with Gasteiger partial charge in [0, 0.05) is 29.7 Å². The van der Waals surface area contributed by atoms with Crippen molar-refractivity contribution in [2.75, 3.05) is 26.4 Å². The van der Waals surface area contributed by atoms with Gasteiger partial charge < -0.3 is 15.2 Å². The molecule has 0 atom stereocenters. The van der Waals surface area contributed by atoms with Crippen molar-refractivity contribution in [3.8, 4) is 11.3 Å². The SMILES string of the molecule is Cc1nc(-c2cccc(C(=O)NCCCOCCO)c2)cs1. The van der Waals surface area contributed by atoms with Crippen molar-refractivity contribution in [3.05, 3.63) is 40.2 Å². The number of carbonyl (C=O) groups excluding carboxylic acids is 1. The van der Waals surface area contributed by atoms with Gasteiger partial charge in [-0.15, -0.1) is 11.3 Å². The second kappa shape index (κ2) is 8.63. The number of aliphatic hydroxyl groups excluding tert-OH is 1. The van der Waals surface area contributed by atoms with Crippen LogP contribution >= 0.6 is 11.3 Å². The maximum Gasteiger partial charge on any atom is 0.251 e. The second-order valence-corrected chi connectivity index (χ2v) is 5.84. The van der Waals surface area contributed by atoms with Gasteiger partial charge in [0.15, 0.2) is 0 Å². The lowest BCUT2D eigenvalue weighted by atomic mass is 10.1. The lowest BCUT2D eigenvalue weighted by Gasteiger charge is -2.06. The van der Waals surface area contributed by atoms with Crippen molar-refractivity contribution in [1.29, 1.82) is 0 Å². The van der Waals surface area contributed by atoms with Crippen LogP contribution in [0.4, 0.5) is 0 Å². The fourth-order valence-corrected chi connectivity index (χ4v) is 2.58. The summed E-state index contributed by atoms with van der Waals surface area (Å²) in [5, 5.41) is 14.4. The van der Waals surface area contributed by atoms with E-state index in [0.29, 0.717) is 25.3 Å². The van der Waals surface area contributed by atoms with Gasteiger partial charge in [-0.3, -0.25) is 4.79 Å². The van der Waals surface area contributed by atoms with Gasteiger partial charge in [0.05, 0.1) is 23.9 Å². The van der Waals surface area contributed by atoms with Gasteiger partial charge in [-0.05, 0) is 25.5 Å². The third-order valence-corrected chi connectivity index (χ3v) is 3.80. The standard InChI is InChI=1S/C16H20N2O3S/c1-12-18-15(11-22-12)13-4-2-5-14(10-13)16(20)17-6-3-8-21-9-7-19/h2,4-5,10-11,19H,3,6-9H2,1H3,(H,17,20). The van der Waals surface area contributed by atoms with Crippen molar-refractivity contribution in [2.45, 2.75) is 13.3 Å². The van der Waals surface area contributed by atoms with Gasteiger partial charge >= 0.3 is 0 Å². The van der Waals surface area contributed by atoms with Crippen molar-refractivity contribution in [2.24, 2.45) is 0 Å². The predicted molar refractivity (Wildman–Crippen MR) is 87.1 cm³/mol. The Morgan fingerprint density at radius 2 is 2.27 bits per heavy atom. The average molecular weight is 320 g/mol. The zero-order valence-corrected chi connectivity index (χ0v) is 13.4. The number of aryl methyl sites for hydroxylation is 1. The molecule has 1 amide bonds. The summed E-state index contributed by atoms with van der Waals surface area (Å²) in [6.07, 6.45) is 0.719. The van der Waals surface area contributed by atoms with E-state index in [2.05, 4.69) is 10.3 Å². The van der Waals surface area contributed by atoms with E-state index >= 15 is 0 Å². The number of rotatable bonds is 8. The second-order valence-electron chi connectivity index (χ2n) is 4.78. The van der Waals surface area contributed by atoms with Crippen LogP contribution < -0.4 is 5.32 Å². The number of amides is 1. The minimum absolute atomic E-state index is 0.0231. The van der Waals surface area contributed by atoms with Gasteiger partial charge in [-0.2, -0.15) is 0 Å². The van der Waals surface area contributed by atoms with E-state index in [1.165, 1.54) is 0 Å². The maximum atomic E-state index is 12.1. The molecule has 118 valence electrons. The summed E-state index contributed by atoms with van der Waals surface area (Å²) in [4.78, 5) is 16.5. The molecule has 0 aliphatic rings. The first-order chi connectivity index (χ1) is 10.7. The van der Waals surface area contributed by atoms with E-state index in [1.54, 1.807) is 17.4 Å². The number of benzene rings is 1. The highest BCUT2D eigenvalue weighted by Crippen LogP contribution is 2.22. The Morgan fingerprint density at radius 1 is 1.41 bits per heavy atom. The highest BCUT2D eigenvalue weighted by atomic mass is 32.1. The van der Waals surface area contributed by atoms with Gasteiger partial charge in [-0.1, -0.05) is 12.1 Å². The molecule has 0 radical (unpaired) electrons. The first kappa shape index (κ1) is 16.6. The predicted octanol–water partition coefficient (Wildman–Crippen LogP) is 2.25. The summed E-state index contributed by atoms with van der Waals surface area (Å²) >= 11 is 1.59. The zero-order chi connectivity index (χ0) is 15.8. The number of ether oxygens (including phenoxy) is 1. The summed E-state index contributed by atoms with van der Waals surface area (Å²) < 4.78 is 5.14. The molecule has 22 heavy (non-hydrogen) atoms. The Morgan fingerprint density at radius 3 is 3.00 bits per heavy atom. The van der Waals surface area contributed by atoms with Crippen LogP contribution in [0.1, 0.15) is 21.8 Å². The summed E-state index contributed by atoms with van der Waals surface area (Å²) in [5.41, 5.74) is 2.47. The van der Waals surface area contributed by atoms with E-state index in [0.717, 1.165) is 22.7 Å². The molecule has 0 bridgehead atoms. The van der Waals surface area contributed by atoms with Crippen LogP contribution in [0.5, 0.6) is 0 Å². The van der Waals surface area contributed by atoms with Crippen LogP contribution in [0.2, 0.25) is 0 Å². The molecule has 0 saturated heterocycles. The number of aliphatic hydroxyl groups is 1. The first-order valence-corrected chi connectivity index (χ1v) is 8.08. The minimum Gasteiger partial charge on any atom is -0.394 e. The molecular weight excluding hydrogens is 300 g/mol. The third-order valence-electron chi connectivity index (χ3n) is 3.03.